The summed E-state index contributed by atoms with van der Waals surface area (Å²) in [7, 11) is -3.94. The molecule has 0 spiro atoms. The Morgan fingerprint density at radius 2 is 1.67 bits per heavy atom. The molecular formula is C24H20ClN3O4S. The number of primary sulfonamides is 1. The number of carbonyl (C=O) groups is 2. The summed E-state index contributed by atoms with van der Waals surface area (Å²) >= 11 is 5.96. The maximum absolute atomic E-state index is 13.4. The van der Waals surface area contributed by atoms with Gasteiger partial charge in [0.25, 0.3) is 11.8 Å². The lowest BCUT2D eigenvalue weighted by Crippen LogP contribution is -2.34. The van der Waals surface area contributed by atoms with Gasteiger partial charge in [0.15, 0.2) is 0 Å². The Balaban J connectivity index is 1.77. The maximum atomic E-state index is 13.4. The van der Waals surface area contributed by atoms with Crippen LogP contribution in [-0.4, -0.2) is 26.3 Å². The van der Waals surface area contributed by atoms with E-state index in [1.54, 1.807) is 48.5 Å². The van der Waals surface area contributed by atoms with Gasteiger partial charge in [-0.2, -0.15) is 0 Å². The van der Waals surface area contributed by atoms with Crippen LogP contribution in [0.4, 0.5) is 11.4 Å². The topological polar surface area (TPSA) is 110 Å². The zero-order valence-electron chi connectivity index (χ0n) is 17.5. The van der Waals surface area contributed by atoms with Crippen LogP contribution in [-0.2, 0) is 19.6 Å². The minimum Gasteiger partial charge on any atom is -0.370 e. The summed E-state index contributed by atoms with van der Waals surface area (Å²) in [6, 6.07) is 18.6. The number of anilines is 2. The van der Waals surface area contributed by atoms with Gasteiger partial charge in [-0.3, -0.25) is 9.59 Å². The van der Waals surface area contributed by atoms with Crippen molar-refractivity contribution < 1.29 is 18.0 Å². The Bertz CT molecular complexity index is 1370. The number of amides is 2. The third-order valence-electron chi connectivity index (χ3n) is 5.19. The smallest absolute Gasteiger partial charge is 0.263 e. The van der Waals surface area contributed by atoms with Crippen molar-refractivity contribution in [2.24, 2.45) is 5.14 Å². The Kier molecular flexibility index (Phi) is 6.07. The lowest BCUT2D eigenvalue weighted by atomic mass is 10.1. The zero-order chi connectivity index (χ0) is 23.8. The summed E-state index contributed by atoms with van der Waals surface area (Å²) in [5, 5.41) is 8.77. The van der Waals surface area contributed by atoms with E-state index < -0.39 is 27.9 Å². The van der Waals surface area contributed by atoms with Gasteiger partial charge in [-0.25, -0.2) is 18.5 Å². The van der Waals surface area contributed by atoms with Crippen molar-refractivity contribution in [1.29, 1.82) is 0 Å². The third kappa shape index (κ3) is 4.83. The van der Waals surface area contributed by atoms with E-state index >= 15 is 0 Å². The number of rotatable bonds is 5. The number of nitrogens with one attached hydrogen (secondary N) is 1. The van der Waals surface area contributed by atoms with Gasteiger partial charge in [0.1, 0.15) is 6.04 Å². The van der Waals surface area contributed by atoms with E-state index in [1.807, 2.05) is 19.1 Å². The molecule has 0 saturated carbocycles. The number of nitrogens with zero attached hydrogens (tertiary/aromatic N) is 1. The number of benzene rings is 3. The number of imide groups is 1. The largest absolute Gasteiger partial charge is 0.370 e. The summed E-state index contributed by atoms with van der Waals surface area (Å²) in [6.45, 7) is 1.91. The fraction of sp³-hybridized carbons (Fsp3) is 0.0833. The van der Waals surface area contributed by atoms with Gasteiger partial charge < -0.3 is 5.32 Å². The van der Waals surface area contributed by atoms with Crippen LogP contribution in [0.3, 0.4) is 0 Å². The molecule has 33 heavy (non-hydrogen) atoms. The molecule has 0 aliphatic carbocycles. The van der Waals surface area contributed by atoms with Crippen LogP contribution < -0.4 is 15.4 Å². The highest BCUT2D eigenvalue weighted by Crippen LogP contribution is 2.31. The van der Waals surface area contributed by atoms with Crippen molar-refractivity contribution in [2.45, 2.75) is 17.9 Å². The van der Waals surface area contributed by atoms with E-state index in [0.29, 0.717) is 22.0 Å². The first kappa shape index (κ1) is 22.7. The van der Waals surface area contributed by atoms with Crippen LogP contribution in [0, 0.1) is 6.92 Å². The summed E-state index contributed by atoms with van der Waals surface area (Å²) in [4.78, 5) is 27.7. The molecule has 1 aliphatic rings. The number of nitrogens with two attached hydrogens (primary N) is 1. The number of sulfonamides is 1. The second-order valence-corrected chi connectivity index (χ2v) is 9.61. The second kappa shape index (κ2) is 8.82. The highest BCUT2D eigenvalue weighted by molar-refractivity contribution is 7.89. The average molecular weight is 482 g/mol. The molecule has 1 fully saturated rings. The van der Waals surface area contributed by atoms with Crippen molar-refractivity contribution >= 4 is 50.9 Å². The second-order valence-electron chi connectivity index (χ2n) is 7.62. The maximum Gasteiger partial charge on any atom is 0.263 e. The number of aryl methyl sites for hydroxylation is 1. The predicted molar refractivity (Wildman–Crippen MR) is 128 cm³/mol. The lowest BCUT2D eigenvalue weighted by Gasteiger charge is -2.16. The molecule has 3 N–H and O–H groups in total. The van der Waals surface area contributed by atoms with Gasteiger partial charge in [0.05, 0.1) is 16.2 Å². The number of halogens is 1. The Morgan fingerprint density at radius 1 is 1.00 bits per heavy atom. The van der Waals surface area contributed by atoms with E-state index in [4.69, 9.17) is 16.7 Å². The summed E-state index contributed by atoms with van der Waals surface area (Å²) in [5.74, 6) is -0.955. The van der Waals surface area contributed by atoms with Crippen LogP contribution in [0.1, 0.15) is 11.1 Å². The van der Waals surface area contributed by atoms with Crippen LogP contribution in [0.2, 0.25) is 5.02 Å². The molecular weight excluding hydrogens is 462 g/mol. The predicted octanol–water partition coefficient (Wildman–Crippen LogP) is 3.73. The van der Waals surface area contributed by atoms with Crippen LogP contribution in [0.25, 0.3) is 6.08 Å². The highest BCUT2D eigenvalue weighted by atomic mass is 35.5. The fourth-order valence-electron chi connectivity index (χ4n) is 3.51. The summed E-state index contributed by atoms with van der Waals surface area (Å²) in [5.41, 5.74) is 2.67. The standard InChI is InChI=1S/C24H20ClN3O4S/c1-15-5-11-19(12-6-15)28-23(29)21(13-16-7-9-17(25)10-8-16)22(24(28)30)27-18-3-2-4-20(14-18)33(26,31)32/h2-14,22,27H,1H3,(H2,26,31,32). The van der Waals surface area contributed by atoms with Crippen LogP contribution in [0.5, 0.6) is 0 Å². The van der Waals surface area contributed by atoms with E-state index in [1.165, 1.54) is 18.2 Å². The molecule has 3 aromatic carbocycles. The summed E-state index contributed by atoms with van der Waals surface area (Å²) < 4.78 is 23.5. The molecule has 1 heterocycles. The summed E-state index contributed by atoms with van der Waals surface area (Å²) in [6.07, 6.45) is 1.62. The van der Waals surface area contributed by atoms with Gasteiger partial charge in [0, 0.05) is 10.7 Å². The van der Waals surface area contributed by atoms with Gasteiger partial charge in [-0.1, -0.05) is 47.5 Å². The first-order valence-electron chi connectivity index (χ1n) is 9.95. The molecule has 1 saturated heterocycles. The first-order valence-corrected chi connectivity index (χ1v) is 11.9. The first-order chi connectivity index (χ1) is 15.6. The van der Waals surface area contributed by atoms with Gasteiger partial charge in [-0.15, -0.1) is 0 Å². The average Bonchev–Trinajstić information content (AvgIpc) is 2.99. The van der Waals surface area contributed by atoms with E-state index in [0.717, 1.165) is 10.5 Å². The van der Waals surface area contributed by atoms with E-state index in [2.05, 4.69) is 5.32 Å². The van der Waals surface area contributed by atoms with Crippen LogP contribution >= 0.6 is 11.6 Å². The highest BCUT2D eigenvalue weighted by Gasteiger charge is 2.44. The Labute approximate surface area is 196 Å². The monoisotopic (exact) mass is 481 g/mol. The molecule has 1 unspecified atom stereocenters. The van der Waals surface area contributed by atoms with Gasteiger partial charge in [-0.05, 0) is 61.0 Å². The molecule has 0 aromatic heterocycles. The normalized spacial score (nSPS) is 17.6. The molecule has 0 bridgehead atoms. The molecule has 0 radical (unpaired) electrons. The number of hydrogen-bond acceptors (Lipinski definition) is 5. The van der Waals surface area contributed by atoms with Crippen molar-refractivity contribution in [3.05, 3.63) is 94.5 Å². The SMILES string of the molecule is Cc1ccc(N2C(=O)C(=Cc3ccc(Cl)cc3)C(Nc3cccc(S(N)(=O)=O)c3)C2=O)cc1. The van der Waals surface area contributed by atoms with Crippen molar-refractivity contribution in [3.8, 4) is 0 Å². The zero-order valence-corrected chi connectivity index (χ0v) is 19.1. The minimum absolute atomic E-state index is 0.108. The third-order valence-corrected chi connectivity index (χ3v) is 6.35. The molecule has 1 aliphatic heterocycles. The Hall–Kier alpha value is -3.46. The van der Waals surface area contributed by atoms with Crippen LogP contribution in [0.15, 0.2) is 83.3 Å². The van der Waals surface area contributed by atoms with Crippen molar-refractivity contribution in [2.75, 3.05) is 10.2 Å². The number of carbonyl (C=O) groups excluding carboxylic acids is 2. The molecule has 168 valence electrons. The van der Waals surface area contributed by atoms with Crippen molar-refractivity contribution in [3.63, 3.8) is 0 Å². The molecule has 3 aromatic rings. The molecule has 1 atom stereocenters. The van der Waals surface area contributed by atoms with Gasteiger partial charge >= 0.3 is 0 Å². The van der Waals surface area contributed by atoms with E-state index in [-0.39, 0.29) is 10.5 Å². The van der Waals surface area contributed by atoms with Crippen molar-refractivity contribution in [1.82, 2.24) is 0 Å². The van der Waals surface area contributed by atoms with E-state index in [9.17, 15) is 18.0 Å². The molecule has 4 rings (SSSR count). The number of hydrogen-bond donors (Lipinski definition) is 2. The Morgan fingerprint density at radius 3 is 2.30 bits per heavy atom. The molecule has 7 nitrogen and oxygen atoms in total. The van der Waals surface area contributed by atoms with Gasteiger partial charge in [0.2, 0.25) is 10.0 Å². The minimum atomic E-state index is -3.94. The molecule has 9 heteroatoms. The molecule has 2 amide bonds. The lowest BCUT2D eigenvalue weighted by molar-refractivity contribution is -0.121. The fourth-order valence-corrected chi connectivity index (χ4v) is 4.19. The quantitative estimate of drug-likeness (QED) is 0.426.